The highest BCUT2D eigenvalue weighted by molar-refractivity contribution is 7.80. The van der Waals surface area contributed by atoms with Crippen molar-refractivity contribution in [1.29, 1.82) is 0 Å². The standard InChI is InChI=1S/C14H14O2S2.C14H18O2S2.2C2H6/c1-7-5-9-11(15-3)14-10(6-8(2)18-14)12(16-4)13(9)17-7;1-7(2)10-6-9-12(16-5)13(17)8(3)11(15-4)14(9)18-10;2*1-2/h5-6H,1-4H3;6-7,17H,1-5H3;2*1-2H3. The summed E-state index contributed by atoms with van der Waals surface area (Å²) in [5.41, 5.74) is 1.03. The molecule has 0 aliphatic carbocycles. The van der Waals surface area contributed by atoms with E-state index in [4.69, 9.17) is 18.9 Å². The number of methoxy groups -OCH3 is 4. The van der Waals surface area contributed by atoms with E-state index in [9.17, 15) is 0 Å². The second kappa shape index (κ2) is 15.2. The molecule has 0 aliphatic rings. The van der Waals surface area contributed by atoms with Gasteiger partial charge in [-0.3, -0.25) is 0 Å². The van der Waals surface area contributed by atoms with Crippen LogP contribution < -0.4 is 18.9 Å². The van der Waals surface area contributed by atoms with Crippen molar-refractivity contribution < 1.29 is 18.9 Å². The maximum absolute atomic E-state index is 5.63. The van der Waals surface area contributed by atoms with Gasteiger partial charge in [0.2, 0.25) is 0 Å². The van der Waals surface area contributed by atoms with Gasteiger partial charge in [-0.25, -0.2) is 0 Å². The van der Waals surface area contributed by atoms with Crippen LogP contribution in [0, 0.1) is 20.8 Å². The summed E-state index contributed by atoms with van der Waals surface area (Å²) in [4.78, 5) is 4.74. The number of rotatable bonds is 5. The SMILES string of the molecule is CC.CC.COc1c(S)c(C)c(OC)c2sc(C(C)C)cc12.COc1c2cc(C)sc2c(OC)c2cc(C)sc12. The number of thiol groups is 1. The Labute approximate surface area is 257 Å². The van der Waals surface area contributed by atoms with Crippen molar-refractivity contribution in [2.75, 3.05) is 28.4 Å². The van der Waals surface area contributed by atoms with Gasteiger partial charge < -0.3 is 18.9 Å². The number of hydrogen-bond donors (Lipinski definition) is 1. The van der Waals surface area contributed by atoms with Crippen LogP contribution in [0.3, 0.4) is 0 Å². The summed E-state index contributed by atoms with van der Waals surface area (Å²) >= 11 is 9.83. The molecule has 0 amide bonds. The summed E-state index contributed by atoms with van der Waals surface area (Å²) in [5, 5.41) is 3.41. The second-order valence-electron chi connectivity index (χ2n) is 8.85. The van der Waals surface area contributed by atoms with Crippen molar-refractivity contribution in [3.8, 4) is 23.0 Å². The van der Waals surface area contributed by atoms with E-state index in [1.54, 1.807) is 62.4 Å². The molecule has 0 fully saturated rings. The molecule has 0 saturated heterocycles. The number of ether oxygens (including phenoxy) is 4. The lowest BCUT2D eigenvalue weighted by atomic mass is 10.1. The molecule has 0 spiro atoms. The molecule has 0 atom stereocenters. The van der Waals surface area contributed by atoms with Crippen LogP contribution in [-0.2, 0) is 0 Å². The molecule has 0 radical (unpaired) electrons. The van der Waals surface area contributed by atoms with Gasteiger partial charge in [-0.2, -0.15) is 0 Å². The Morgan fingerprint density at radius 2 is 0.950 bits per heavy atom. The van der Waals surface area contributed by atoms with Crippen molar-refractivity contribution in [2.45, 2.75) is 73.1 Å². The quantitative estimate of drug-likeness (QED) is 0.198. The third kappa shape index (κ3) is 6.51. The first-order chi connectivity index (χ1) is 19.2. The topological polar surface area (TPSA) is 36.9 Å². The van der Waals surface area contributed by atoms with Crippen LogP contribution in [0.1, 0.15) is 67.7 Å². The highest BCUT2D eigenvalue weighted by Gasteiger charge is 2.20. The van der Waals surface area contributed by atoms with Crippen LogP contribution in [0.5, 0.6) is 23.0 Å². The summed E-state index contributed by atoms with van der Waals surface area (Å²) in [7, 11) is 6.87. The van der Waals surface area contributed by atoms with Crippen molar-refractivity contribution in [3.63, 3.8) is 0 Å². The molecule has 3 aromatic heterocycles. The normalized spacial score (nSPS) is 10.5. The molecule has 2 aromatic carbocycles. The van der Waals surface area contributed by atoms with Crippen molar-refractivity contribution >= 4 is 76.9 Å². The van der Waals surface area contributed by atoms with Crippen LogP contribution in [-0.4, -0.2) is 28.4 Å². The van der Waals surface area contributed by atoms with Gasteiger partial charge in [0.15, 0.2) is 0 Å². The molecule has 5 rings (SSSR count). The fraction of sp³-hybridized carbons (Fsp3) is 0.438. The van der Waals surface area contributed by atoms with Gasteiger partial charge in [0.05, 0.1) is 47.4 Å². The van der Waals surface area contributed by atoms with Crippen molar-refractivity contribution in [2.24, 2.45) is 0 Å². The Morgan fingerprint density at radius 1 is 0.575 bits per heavy atom. The minimum atomic E-state index is 0.500. The maximum atomic E-state index is 5.63. The van der Waals surface area contributed by atoms with E-state index in [0.29, 0.717) is 5.92 Å². The predicted octanol–water partition coefficient (Wildman–Crippen LogP) is 11.4. The van der Waals surface area contributed by atoms with Gasteiger partial charge in [-0.05, 0) is 44.9 Å². The fourth-order valence-electron chi connectivity index (χ4n) is 4.41. The predicted molar refractivity (Wildman–Crippen MR) is 183 cm³/mol. The third-order valence-electron chi connectivity index (χ3n) is 6.11. The van der Waals surface area contributed by atoms with E-state index in [1.807, 2.05) is 34.6 Å². The van der Waals surface area contributed by atoms with E-state index in [1.165, 1.54) is 24.0 Å². The summed E-state index contributed by atoms with van der Waals surface area (Å²) < 4.78 is 25.8. The van der Waals surface area contributed by atoms with Crippen molar-refractivity contribution in [3.05, 3.63) is 38.4 Å². The van der Waals surface area contributed by atoms with E-state index in [2.05, 4.69) is 58.5 Å². The molecule has 5 aromatic rings. The number of hydrogen-bond acceptors (Lipinski definition) is 8. The second-order valence-corrected chi connectivity index (χ2v) is 12.9. The Hall–Kier alpha value is -2.13. The first kappa shape index (κ1) is 34.1. The highest BCUT2D eigenvalue weighted by atomic mass is 32.1. The molecule has 0 N–H and O–H groups in total. The third-order valence-corrected chi connectivity index (χ3v) is 10.2. The zero-order chi connectivity index (χ0) is 30.3. The minimum Gasteiger partial charge on any atom is -0.495 e. The number of fused-ring (bicyclic) bond motifs is 3. The summed E-state index contributed by atoms with van der Waals surface area (Å²) in [6, 6.07) is 6.54. The lowest BCUT2D eigenvalue weighted by Crippen LogP contribution is -1.93. The zero-order valence-electron chi connectivity index (χ0n) is 26.1. The van der Waals surface area contributed by atoms with E-state index in [-0.39, 0.29) is 0 Å². The molecule has 220 valence electrons. The molecule has 0 aliphatic heterocycles. The van der Waals surface area contributed by atoms with Gasteiger partial charge in [0, 0.05) is 36.4 Å². The van der Waals surface area contributed by atoms with Gasteiger partial charge in [0.25, 0.3) is 0 Å². The average Bonchev–Trinajstić information content (AvgIpc) is 3.67. The first-order valence-electron chi connectivity index (χ1n) is 13.6. The molecule has 0 saturated carbocycles. The number of benzene rings is 2. The van der Waals surface area contributed by atoms with E-state index >= 15 is 0 Å². The Morgan fingerprint density at radius 3 is 1.32 bits per heavy atom. The molecule has 4 nitrogen and oxygen atoms in total. The molecule has 0 bridgehead atoms. The van der Waals surface area contributed by atoms with Crippen LogP contribution >= 0.6 is 46.6 Å². The Balaban J connectivity index is 0.000000249. The molecular formula is C32H44O4S4. The van der Waals surface area contributed by atoms with Crippen LogP contribution in [0.25, 0.3) is 30.3 Å². The number of thiophene rings is 3. The fourth-order valence-corrected chi connectivity index (χ4v) is 8.06. The molecule has 3 heterocycles. The smallest absolute Gasteiger partial charge is 0.145 e. The molecule has 0 unspecified atom stereocenters. The van der Waals surface area contributed by atoms with Gasteiger partial charge in [-0.15, -0.1) is 46.6 Å². The Kier molecular flexibility index (Phi) is 12.9. The lowest BCUT2D eigenvalue weighted by molar-refractivity contribution is 0.399. The maximum Gasteiger partial charge on any atom is 0.145 e. The summed E-state index contributed by atoms with van der Waals surface area (Å²) in [6.45, 7) is 18.6. The van der Waals surface area contributed by atoms with Gasteiger partial charge in [0.1, 0.15) is 23.0 Å². The van der Waals surface area contributed by atoms with E-state index < -0.39 is 0 Å². The zero-order valence-corrected chi connectivity index (χ0v) is 29.5. The monoisotopic (exact) mass is 620 g/mol. The van der Waals surface area contributed by atoms with Crippen molar-refractivity contribution in [1.82, 2.24) is 0 Å². The molecular weight excluding hydrogens is 577 g/mol. The molecule has 8 heteroatoms. The average molecular weight is 621 g/mol. The number of aryl methyl sites for hydroxylation is 2. The first-order valence-corrected chi connectivity index (χ1v) is 16.5. The lowest BCUT2D eigenvalue weighted by Gasteiger charge is -2.13. The van der Waals surface area contributed by atoms with Crippen LogP contribution in [0.15, 0.2) is 23.1 Å². The van der Waals surface area contributed by atoms with E-state index in [0.717, 1.165) is 54.3 Å². The largest absolute Gasteiger partial charge is 0.495 e. The summed E-state index contributed by atoms with van der Waals surface area (Å²) in [6.07, 6.45) is 0. The minimum absolute atomic E-state index is 0.500. The summed E-state index contributed by atoms with van der Waals surface area (Å²) in [5.74, 6) is 4.20. The van der Waals surface area contributed by atoms with Gasteiger partial charge >= 0.3 is 0 Å². The van der Waals surface area contributed by atoms with Crippen LogP contribution in [0.4, 0.5) is 0 Å². The molecule has 40 heavy (non-hydrogen) atoms. The van der Waals surface area contributed by atoms with Crippen LogP contribution in [0.2, 0.25) is 0 Å². The van der Waals surface area contributed by atoms with Gasteiger partial charge in [-0.1, -0.05) is 41.5 Å². The Bertz CT molecular complexity index is 1390. The highest BCUT2D eigenvalue weighted by Crippen LogP contribution is 2.49.